The van der Waals surface area contributed by atoms with Crippen LogP contribution in [0.15, 0.2) is 53.3 Å². The second-order valence-corrected chi connectivity index (χ2v) is 14.5. The van der Waals surface area contributed by atoms with Crippen molar-refractivity contribution in [3.8, 4) is 18.0 Å². The van der Waals surface area contributed by atoms with Crippen LogP contribution in [0, 0.1) is 0 Å². The van der Waals surface area contributed by atoms with Gasteiger partial charge in [-0.15, -0.1) is 0 Å². The molecule has 60 heavy (non-hydrogen) atoms. The maximum atomic E-state index is 12.7. The number of unbranched alkanes of at least 4 members (excludes halogenated alkanes) is 2. The van der Waals surface area contributed by atoms with Gasteiger partial charge in [0.25, 0.3) is 6.01 Å². The number of nitrogen functional groups attached to an aromatic ring is 2. The van der Waals surface area contributed by atoms with E-state index in [4.69, 9.17) is 25.7 Å². The van der Waals surface area contributed by atoms with Gasteiger partial charge < -0.3 is 30.7 Å². The van der Waals surface area contributed by atoms with Gasteiger partial charge in [0.05, 0.1) is 33.4 Å². The Morgan fingerprint density at radius 3 is 1.95 bits per heavy atom. The van der Waals surface area contributed by atoms with Crippen LogP contribution in [-0.4, -0.2) is 89.3 Å². The summed E-state index contributed by atoms with van der Waals surface area (Å²) in [6, 6.07) is 16.6. The zero-order valence-corrected chi connectivity index (χ0v) is 36.9. The molecule has 2 aromatic carbocycles. The molecule has 7 rings (SSSR count). The monoisotopic (exact) mass is 931 g/mol. The third-order valence-electron chi connectivity index (χ3n) is 9.95. The molecular weight excluding hydrogens is 876 g/mol. The van der Waals surface area contributed by atoms with E-state index in [1.54, 1.807) is 37.6 Å². The van der Waals surface area contributed by atoms with Crippen LogP contribution < -0.4 is 31.4 Å². The van der Waals surface area contributed by atoms with Crippen molar-refractivity contribution in [1.29, 1.82) is 0 Å². The van der Waals surface area contributed by atoms with E-state index in [1.807, 2.05) is 24.3 Å². The first kappa shape index (κ1) is 45.8. The summed E-state index contributed by atoms with van der Waals surface area (Å²) < 4.78 is 20.0. The molecule has 0 atom stereocenters. The van der Waals surface area contributed by atoms with Gasteiger partial charge in [-0.05, 0) is 61.5 Å². The molecule has 0 saturated carbocycles. The summed E-state index contributed by atoms with van der Waals surface area (Å²) in [7, 11) is 1.53. The highest BCUT2D eigenvalue weighted by Gasteiger charge is 2.19. The summed E-state index contributed by atoms with van der Waals surface area (Å²) >= 11 is 1.65. The lowest BCUT2D eigenvalue weighted by Gasteiger charge is -2.24. The fourth-order valence-electron chi connectivity index (χ4n) is 6.89. The van der Waals surface area contributed by atoms with E-state index in [0.717, 1.165) is 62.7 Å². The van der Waals surface area contributed by atoms with Gasteiger partial charge in [-0.3, -0.25) is 18.8 Å². The first-order valence-electron chi connectivity index (χ1n) is 20.5. The highest BCUT2D eigenvalue weighted by atomic mass is 127. The molecule has 0 unspecified atom stereocenters. The van der Waals surface area contributed by atoms with Crippen molar-refractivity contribution in [3.63, 3.8) is 0 Å². The van der Waals surface area contributed by atoms with Crippen LogP contribution in [0.5, 0.6) is 18.0 Å². The summed E-state index contributed by atoms with van der Waals surface area (Å²) in [5.74, 6) is 0.461. The number of likely N-dealkylation sites (tertiary alicyclic amines) is 1. The number of aromatic amines is 1. The Labute approximate surface area is 365 Å². The fourth-order valence-corrected chi connectivity index (χ4v) is 6.89. The lowest BCUT2D eigenvalue weighted by molar-refractivity contribution is 0.112. The van der Waals surface area contributed by atoms with E-state index in [1.165, 1.54) is 44.8 Å². The molecule has 5 N–H and O–H groups in total. The van der Waals surface area contributed by atoms with Crippen LogP contribution in [0.25, 0.3) is 22.3 Å². The van der Waals surface area contributed by atoms with E-state index < -0.39 is 0 Å². The number of hydrogen-bond acceptors (Lipinski definition) is 13. The zero-order chi connectivity index (χ0) is 42.9. The lowest BCUT2D eigenvalue weighted by atomic mass is 10.1. The third-order valence-corrected chi connectivity index (χ3v) is 9.95. The van der Waals surface area contributed by atoms with E-state index in [2.05, 4.69) is 72.6 Å². The number of benzene rings is 2. The Hall–Kier alpha value is -5.24. The number of nitrogens with zero attached hydrogens (tertiary/aromatic N) is 8. The van der Waals surface area contributed by atoms with Gasteiger partial charge in [-0.2, -0.15) is 47.3 Å². The van der Waals surface area contributed by atoms with Crippen molar-refractivity contribution in [2.24, 2.45) is 0 Å². The summed E-state index contributed by atoms with van der Waals surface area (Å²) in [4.78, 5) is 50.7. The molecule has 1 aliphatic heterocycles. The Morgan fingerprint density at radius 1 is 0.750 bits per heavy atom. The number of anilines is 2. The molecule has 0 bridgehead atoms. The number of aldehydes is 1. The zero-order valence-electron chi connectivity index (χ0n) is 34.7. The SMILES string of the molecule is CCCCOc1nc(N)c2[nH]c(=O)n(Cc3cccc(CN4CCCCCCC4)c3)c2n1.CCCCOc1nc(N)c2nc(OC)n(Cc3cccc(C=O)c3)c2n1.[B]I. The largest absolute Gasteiger partial charge is 0.468 e. The number of carbonyl (C=O) groups excluding carboxylic acids is 1. The summed E-state index contributed by atoms with van der Waals surface area (Å²) in [5.41, 5.74) is 22.1. The number of ether oxygens (including phenoxy) is 3. The Bertz CT molecular complexity index is 2340. The van der Waals surface area contributed by atoms with E-state index in [9.17, 15) is 9.59 Å². The second kappa shape index (κ2) is 23.5. The molecule has 4 aromatic heterocycles. The minimum absolute atomic E-state index is 0.210. The molecule has 5 heterocycles. The Kier molecular flexibility index (Phi) is 18.0. The molecule has 1 aliphatic rings. The van der Waals surface area contributed by atoms with Crippen LogP contribution in [0.1, 0.15) is 98.7 Å². The predicted octanol–water partition coefficient (Wildman–Crippen LogP) is 6.66. The van der Waals surface area contributed by atoms with Crippen molar-refractivity contribution < 1.29 is 19.0 Å². The molecule has 1 fully saturated rings. The van der Waals surface area contributed by atoms with Gasteiger partial charge in [0.2, 0.25) is 0 Å². The summed E-state index contributed by atoms with van der Waals surface area (Å²) in [5, 5.41) is 0. The molecule has 1 saturated heterocycles. The highest BCUT2D eigenvalue weighted by molar-refractivity contribution is 14.1. The van der Waals surface area contributed by atoms with Gasteiger partial charge in [0, 0.05) is 12.1 Å². The number of imidazole rings is 2. The first-order valence-corrected chi connectivity index (χ1v) is 21.7. The van der Waals surface area contributed by atoms with Gasteiger partial charge in [-0.25, -0.2) is 4.79 Å². The number of H-pyrrole nitrogens is 1. The predicted molar refractivity (Wildman–Crippen MR) is 244 cm³/mol. The maximum absolute atomic E-state index is 12.7. The minimum Gasteiger partial charge on any atom is -0.468 e. The smallest absolute Gasteiger partial charge is 0.328 e. The van der Waals surface area contributed by atoms with E-state index in [-0.39, 0.29) is 29.3 Å². The maximum Gasteiger partial charge on any atom is 0.328 e. The second-order valence-electron chi connectivity index (χ2n) is 14.5. The molecule has 16 nitrogen and oxygen atoms in total. The van der Waals surface area contributed by atoms with Crippen molar-refractivity contribution >= 4 is 68.3 Å². The number of halogens is 1. The molecule has 2 radical (unpaired) electrons. The van der Waals surface area contributed by atoms with Gasteiger partial charge >= 0.3 is 17.7 Å². The normalized spacial score (nSPS) is 13.1. The average molecular weight is 932 g/mol. The molecule has 6 aromatic rings. The number of nitrogens with one attached hydrogen (secondary N) is 1. The number of hydrogen-bond donors (Lipinski definition) is 3. The molecule has 0 amide bonds. The van der Waals surface area contributed by atoms with Crippen LogP contribution in [0.4, 0.5) is 11.6 Å². The van der Waals surface area contributed by atoms with Crippen molar-refractivity contribution in [1.82, 2.24) is 43.9 Å². The average Bonchev–Trinajstić information content (AvgIpc) is 3.76. The topological polar surface area (TPSA) is 207 Å². The molecule has 318 valence electrons. The van der Waals surface area contributed by atoms with Crippen LogP contribution in [0.3, 0.4) is 0 Å². The number of carbonyl (C=O) groups is 1. The third kappa shape index (κ3) is 12.4. The summed E-state index contributed by atoms with van der Waals surface area (Å²) in [6.45, 7) is 9.31. The van der Waals surface area contributed by atoms with Crippen LogP contribution >= 0.6 is 22.4 Å². The number of fused-ring (bicyclic) bond motifs is 2. The number of rotatable bonds is 16. The Balaban J connectivity index is 0.000000223. The number of aromatic nitrogens is 8. The van der Waals surface area contributed by atoms with Crippen molar-refractivity contribution in [2.75, 3.05) is 44.9 Å². The van der Waals surface area contributed by atoms with Crippen LogP contribution in [0.2, 0.25) is 0 Å². The first-order chi connectivity index (χ1) is 29.3. The van der Waals surface area contributed by atoms with Gasteiger partial charge in [-0.1, -0.05) is 88.4 Å². The summed E-state index contributed by atoms with van der Waals surface area (Å²) in [6.07, 6.45) is 11.2. The van der Waals surface area contributed by atoms with Crippen LogP contribution in [-0.2, 0) is 19.6 Å². The van der Waals surface area contributed by atoms with Gasteiger partial charge in [0.15, 0.2) is 34.1 Å². The van der Waals surface area contributed by atoms with Gasteiger partial charge in [0.1, 0.15) is 11.8 Å². The molecular formula is C42H55BIN11O5. The van der Waals surface area contributed by atoms with Crippen molar-refractivity contribution in [3.05, 3.63) is 81.3 Å². The molecule has 0 aliphatic carbocycles. The van der Waals surface area contributed by atoms with Crippen molar-refractivity contribution in [2.45, 2.75) is 91.3 Å². The Morgan fingerprint density at radius 2 is 1.32 bits per heavy atom. The standard InChI is InChI=1S/C24H34N6O2.C18H21N5O3.BI/c1-2-3-14-32-23-27-21(25)20-22(28-23)30(24(31)26-20)17-19-11-9-10-18(15-19)16-29-12-7-5-4-6-8-13-29;1-3-4-8-26-17-21-15(19)14-16(22-17)23(18(20-14)25-2)10-12-6-5-7-13(9-12)11-24;1-2/h9-11,15H,2-8,12-14,16-17H2,1H3,(H,26,31)(H2,25,27,28);5-7,9,11H,3-4,8,10H2,1-2H3,(H2,19,21,22);. The minimum atomic E-state index is -0.249. The molecule has 18 heteroatoms. The highest BCUT2D eigenvalue weighted by Crippen LogP contribution is 2.27. The number of nitrogens with two attached hydrogens (primary N) is 2. The fraction of sp³-hybridized carbons (Fsp3) is 0.452. The van der Waals surface area contributed by atoms with E-state index in [0.29, 0.717) is 60.2 Å². The quantitative estimate of drug-likeness (QED) is 0.0403. The van der Waals surface area contributed by atoms with E-state index >= 15 is 0 Å². The number of methoxy groups -OCH3 is 1. The lowest BCUT2D eigenvalue weighted by Crippen LogP contribution is -2.27. The molecule has 0 spiro atoms.